The van der Waals surface area contributed by atoms with Crippen LogP contribution in [0, 0.1) is 5.41 Å². The van der Waals surface area contributed by atoms with Crippen LogP contribution in [0.1, 0.15) is 51.9 Å². The number of rotatable bonds is 2. The van der Waals surface area contributed by atoms with Gasteiger partial charge in [0.05, 0.1) is 5.56 Å². The Bertz CT molecular complexity index is 507. The van der Waals surface area contributed by atoms with E-state index in [1.165, 1.54) is 0 Å². The summed E-state index contributed by atoms with van der Waals surface area (Å²) in [5.74, 6) is -0.497. The molecular formula is C16H23NO3. The van der Waals surface area contributed by atoms with E-state index in [0.717, 1.165) is 0 Å². The lowest BCUT2D eigenvalue weighted by Crippen LogP contribution is -2.28. The quantitative estimate of drug-likeness (QED) is 0.840. The Kier molecular flexibility index (Phi) is 4.58. The number of ether oxygens (including phenoxy) is 1. The van der Waals surface area contributed by atoms with Crippen LogP contribution < -0.4 is 5.32 Å². The van der Waals surface area contributed by atoms with Gasteiger partial charge in [0.15, 0.2) is 0 Å². The van der Waals surface area contributed by atoms with Gasteiger partial charge in [-0.1, -0.05) is 26.8 Å². The van der Waals surface area contributed by atoms with Crippen LogP contribution >= 0.6 is 0 Å². The second-order valence-electron chi connectivity index (χ2n) is 6.79. The molecule has 1 rings (SSSR count). The number of nitrogens with one attached hydrogen (secondary N) is 1. The van der Waals surface area contributed by atoms with Crippen molar-refractivity contribution in [1.29, 1.82) is 0 Å². The number of anilines is 1. The molecule has 0 saturated carbocycles. The van der Waals surface area contributed by atoms with Gasteiger partial charge in [-0.2, -0.15) is 0 Å². The molecule has 0 aromatic heterocycles. The first kappa shape index (κ1) is 16.2. The van der Waals surface area contributed by atoms with Crippen LogP contribution in [0.4, 0.5) is 5.69 Å². The summed E-state index contributed by atoms with van der Waals surface area (Å²) in [6.07, 6.45) is 0. The fraction of sp³-hybridized carbons (Fsp3) is 0.500. The van der Waals surface area contributed by atoms with Crippen LogP contribution in [0.15, 0.2) is 24.3 Å². The molecule has 4 nitrogen and oxygen atoms in total. The molecule has 0 fully saturated rings. The van der Waals surface area contributed by atoms with E-state index in [1.807, 2.05) is 41.5 Å². The summed E-state index contributed by atoms with van der Waals surface area (Å²) in [7, 11) is 0. The molecule has 1 aromatic carbocycles. The predicted molar refractivity (Wildman–Crippen MR) is 79.7 cm³/mol. The molecule has 1 N–H and O–H groups in total. The van der Waals surface area contributed by atoms with Gasteiger partial charge in [-0.15, -0.1) is 0 Å². The maximum absolute atomic E-state index is 12.0. The maximum Gasteiger partial charge on any atom is 0.338 e. The summed E-state index contributed by atoms with van der Waals surface area (Å²) in [6, 6.07) is 6.76. The highest BCUT2D eigenvalue weighted by Gasteiger charge is 2.22. The van der Waals surface area contributed by atoms with Crippen LogP contribution in [0.3, 0.4) is 0 Å². The smallest absolute Gasteiger partial charge is 0.338 e. The van der Waals surface area contributed by atoms with Gasteiger partial charge in [0.2, 0.25) is 5.91 Å². The summed E-state index contributed by atoms with van der Waals surface area (Å²) in [5.41, 5.74) is -0.0103. The number of hydrogen-bond acceptors (Lipinski definition) is 3. The molecule has 20 heavy (non-hydrogen) atoms. The molecule has 0 spiro atoms. The van der Waals surface area contributed by atoms with Crippen LogP contribution in [-0.4, -0.2) is 17.5 Å². The molecule has 0 atom stereocenters. The zero-order valence-corrected chi connectivity index (χ0v) is 13.0. The van der Waals surface area contributed by atoms with E-state index < -0.39 is 17.0 Å². The first-order chi connectivity index (χ1) is 8.99. The highest BCUT2D eigenvalue weighted by Crippen LogP contribution is 2.19. The summed E-state index contributed by atoms with van der Waals surface area (Å²) in [6.45, 7) is 10.9. The molecule has 0 unspecified atom stereocenters. The third-order valence-corrected chi connectivity index (χ3v) is 2.44. The van der Waals surface area contributed by atoms with Gasteiger partial charge < -0.3 is 10.1 Å². The number of benzene rings is 1. The van der Waals surface area contributed by atoms with Crippen molar-refractivity contribution in [3.8, 4) is 0 Å². The van der Waals surface area contributed by atoms with Gasteiger partial charge in [-0.25, -0.2) is 4.79 Å². The molecule has 0 aliphatic carbocycles. The van der Waals surface area contributed by atoms with E-state index in [4.69, 9.17) is 4.74 Å². The Morgan fingerprint density at radius 3 is 2.15 bits per heavy atom. The van der Waals surface area contributed by atoms with Gasteiger partial charge in [0.25, 0.3) is 0 Å². The lowest BCUT2D eigenvalue weighted by molar-refractivity contribution is -0.123. The van der Waals surface area contributed by atoms with Crippen molar-refractivity contribution in [1.82, 2.24) is 0 Å². The van der Waals surface area contributed by atoms with E-state index in [-0.39, 0.29) is 5.91 Å². The molecule has 1 amide bonds. The third kappa shape index (κ3) is 5.03. The van der Waals surface area contributed by atoms with Crippen LogP contribution in [-0.2, 0) is 9.53 Å². The molecule has 1 aromatic rings. The number of amides is 1. The molecule has 0 aliphatic heterocycles. The highest BCUT2D eigenvalue weighted by atomic mass is 16.6. The standard InChI is InChI=1S/C16H23NO3/c1-15(2,3)14(19)17-12-9-7-8-11(10-12)13(18)20-16(4,5)6/h7-10H,1-6H3,(H,17,19). The topological polar surface area (TPSA) is 55.4 Å². The Morgan fingerprint density at radius 2 is 1.65 bits per heavy atom. The number of hydrogen-bond donors (Lipinski definition) is 1. The number of esters is 1. The van der Waals surface area contributed by atoms with E-state index >= 15 is 0 Å². The Balaban J connectivity index is 2.86. The third-order valence-electron chi connectivity index (χ3n) is 2.44. The Hall–Kier alpha value is -1.84. The minimum absolute atomic E-state index is 0.0983. The van der Waals surface area contributed by atoms with Crippen molar-refractivity contribution < 1.29 is 14.3 Å². The monoisotopic (exact) mass is 277 g/mol. The van der Waals surface area contributed by atoms with Crippen molar-refractivity contribution >= 4 is 17.6 Å². The molecule has 4 heteroatoms. The highest BCUT2D eigenvalue weighted by molar-refractivity contribution is 5.96. The summed E-state index contributed by atoms with van der Waals surface area (Å²) in [4.78, 5) is 23.9. The number of carbonyl (C=O) groups is 2. The number of carbonyl (C=O) groups excluding carboxylic acids is 2. The largest absolute Gasteiger partial charge is 0.456 e. The normalized spacial score (nSPS) is 11.9. The van der Waals surface area contributed by atoms with Gasteiger partial charge in [-0.3, -0.25) is 4.79 Å². The van der Waals surface area contributed by atoms with Crippen molar-refractivity contribution in [3.05, 3.63) is 29.8 Å². The fourth-order valence-electron chi connectivity index (χ4n) is 1.38. The van der Waals surface area contributed by atoms with E-state index in [2.05, 4.69) is 5.32 Å². The second-order valence-corrected chi connectivity index (χ2v) is 6.79. The SMILES string of the molecule is CC(C)(C)OC(=O)c1cccc(NC(=O)C(C)(C)C)c1. The van der Waals surface area contributed by atoms with Crippen molar-refractivity contribution in [3.63, 3.8) is 0 Å². The predicted octanol–water partition coefficient (Wildman–Crippen LogP) is 3.63. The molecule has 0 radical (unpaired) electrons. The average molecular weight is 277 g/mol. The Morgan fingerprint density at radius 1 is 1.05 bits per heavy atom. The van der Waals surface area contributed by atoms with Gasteiger partial charge in [-0.05, 0) is 39.0 Å². The molecular weight excluding hydrogens is 254 g/mol. The minimum Gasteiger partial charge on any atom is -0.456 e. The summed E-state index contributed by atoms with van der Waals surface area (Å²) < 4.78 is 5.30. The molecule has 0 aliphatic rings. The first-order valence-corrected chi connectivity index (χ1v) is 6.64. The van der Waals surface area contributed by atoms with E-state index in [1.54, 1.807) is 24.3 Å². The lowest BCUT2D eigenvalue weighted by Gasteiger charge is -2.20. The summed E-state index contributed by atoms with van der Waals surface area (Å²) in [5, 5.41) is 2.79. The van der Waals surface area contributed by atoms with Crippen LogP contribution in [0.25, 0.3) is 0 Å². The van der Waals surface area contributed by atoms with Crippen LogP contribution in [0.2, 0.25) is 0 Å². The van der Waals surface area contributed by atoms with Crippen molar-refractivity contribution in [2.45, 2.75) is 47.1 Å². The van der Waals surface area contributed by atoms with E-state index in [9.17, 15) is 9.59 Å². The zero-order chi connectivity index (χ0) is 15.6. The molecule has 0 heterocycles. The van der Waals surface area contributed by atoms with Crippen molar-refractivity contribution in [2.75, 3.05) is 5.32 Å². The maximum atomic E-state index is 12.0. The molecule has 110 valence electrons. The Labute approximate surface area is 120 Å². The minimum atomic E-state index is -0.540. The van der Waals surface area contributed by atoms with Crippen molar-refractivity contribution in [2.24, 2.45) is 5.41 Å². The van der Waals surface area contributed by atoms with Gasteiger partial charge in [0.1, 0.15) is 5.60 Å². The van der Waals surface area contributed by atoms with Crippen LogP contribution in [0.5, 0.6) is 0 Å². The lowest BCUT2D eigenvalue weighted by atomic mass is 9.95. The average Bonchev–Trinajstić information content (AvgIpc) is 2.25. The van der Waals surface area contributed by atoms with Gasteiger partial charge >= 0.3 is 5.97 Å². The fourth-order valence-corrected chi connectivity index (χ4v) is 1.38. The second kappa shape index (κ2) is 5.65. The molecule has 0 saturated heterocycles. The summed E-state index contributed by atoms with van der Waals surface area (Å²) >= 11 is 0. The van der Waals surface area contributed by atoms with E-state index in [0.29, 0.717) is 11.3 Å². The zero-order valence-electron chi connectivity index (χ0n) is 13.0. The first-order valence-electron chi connectivity index (χ1n) is 6.64. The molecule has 0 bridgehead atoms. The van der Waals surface area contributed by atoms with Gasteiger partial charge in [0, 0.05) is 11.1 Å².